The molecule has 0 unspecified atom stereocenters. The van der Waals surface area contributed by atoms with Crippen LogP contribution >= 0.6 is 0 Å². The molecule has 25 heavy (non-hydrogen) atoms. The highest BCUT2D eigenvalue weighted by atomic mass is 16.5. The van der Waals surface area contributed by atoms with Gasteiger partial charge in [-0.3, -0.25) is 9.78 Å². The number of hydrazone groups is 1. The first kappa shape index (κ1) is 16.4. The molecule has 0 aliphatic heterocycles. The molecule has 0 aliphatic carbocycles. The molecular weight excluding hydrogens is 318 g/mol. The Morgan fingerprint density at radius 3 is 2.80 bits per heavy atom. The number of pyridine rings is 1. The van der Waals surface area contributed by atoms with E-state index in [1.54, 1.807) is 30.6 Å². The topological polar surface area (TPSA) is 76.7 Å². The van der Waals surface area contributed by atoms with E-state index in [0.29, 0.717) is 12.4 Å². The van der Waals surface area contributed by atoms with E-state index < -0.39 is 5.91 Å². The van der Waals surface area contributed by atoms with Crippen LogP contribution in [0.1, 0.15) is 23.0 Å². The van der Waals surface area contributed by atoms with Crippen molar-refractivity contribution in [3.63, 3.8) is 0 Å². The second-order valence-electron chi connectivity index (χ2n) is 5.11. The number of carbonyl (C=O) groups excluding carboxylic acids is 1. The third-order valence-electron chi connectivity index (χ3n) is 3.34. The average Bonchev–Trinajstić information content (AvgIpc) is 3.14. The van der Waals surface area contributed by atoms with Crippen LogP contribution in [0.15, 0.2) is 70.4 Å². The van der Waals surface area contributed by atoms with Crippen molar-refractivity contribution in [2.45, 2.75) is 6.92 Å². The van der Waals surface area contributed by atoms with Gasteiger partial charge in [-0.2, -0.15) is 5.10 Å². The van der Waals surface area contributed by atoms with Crippen LogP contribution in [-0.4, -0.2) is 23.7 Å². The highest BCUT2D eigenvalue weighted by Crippen LogP contribution is 2.24. The Balaban J connectivity index is 1.64. The lowest BCUT2D eigenvalue weighted by molar-refractivity contribution is 0.0928. The summed E-state index contributed by atoms with van der Waals surface area (Å²) in [4.78, 5) is 16.0. The van der Waals surface area contributed by atoms with Crippen molar-refractivity contribution in [1.29, 1.82) is 0 Å². The summed E-state index contributed by atoms with van der Waals surface area (Å²) in [6.45, 7) is 2.55. The molecule has 2 aromatic heterocycles. The number of hydrogen-bond donors (Lipinski definition) is 1. The highest BCUT2D eigenvalue weighted by molar-refractivity contribution is 5.92. The Bertz CT molecular complexity index is 855. The van der Waals surface area contributed by atoms with Crippen molar-refractivity contribution in [2.75, 3.05) is 6.61 Å². The van der Waals surface area contributed by atoms with Gasteiger partial charge in [-0.05, 0) is 49.4 Å². The molecule has 0 bridgehead atoms. The zero-order valence-corrected chi connectivity index (χ0v) is 13.7. The predicted octanol–water partition coefficient (Wildman–Crippen LogP) is 3.50. The maximum absolute atomic E-state index is 12.1. The van der Waals surface area contributed by atoms with Crippen LogP contribution < -0.4 is 10.2 Å². The Labute approximate surface area is 145 Å². The van der Waals surface area contributed by atoms with Gasteiger partial charge in [0.1, 0.15) is 11.5 Å². The summed E-state index contributed by atoms with van der Waals surface area (Å²) in [5, 5.41) is 3.89. The number of amides is 1. The zero-order valence-electron chi connectivity index (χ0n) is 13.7. The first-order valence-corrected chi connectivity index (χ1v) is 7.83. The number of nitrogens with zero attached hydrogens (tertiary/aromatic N) is 2. The number of carbonyl (C=O) groups is 1. The molecule has 0 fully saturated rings. The van der Waals surface area contributed by atoms with Crippen LogP contribution in [0.4, 0.5) is 0 Å². The van der Waals surface area contributed by atoms with Gasteiger partial charge in [0.15, 0.2) is 5.76 Å². The molecule has 0 spiro atoms. The standard InChI is InChI=1S/C19H17N3O3/c1-2-24-16-7-5-15(6-8-16)17-9-10-18(25-17)19(23)22-21-13-14-4-3-11-20-12-14/h3-13H,2H2,1H3,(H,22,23)/b21-13+. The summed E-state index contributed by atoms with van der Waals surface area (Å²) in [5.74, 6) is 1.16. The number of rotatable bonds is 6. The molecule has 1 N–H and O–H groups in total. The lowest BCUT2D eigenvalue weighted by Gasteiger charge is -2.03. The predicted molar refractivity (Wildman–Crippen MR) is 94.6 cm³/mol. The van der Waals surface area contributed by atoms with E-state index in [9.17, 15) is 4.79 Å². The number of hydrogen-bond acceptors (Lipinski definition) is 5. The van der Waals surface area contributed by atoms with Crippen LogP contribution in [0, 0.1) is 0 Å². The monoisotopic (exact) mass is 335 g/mol. The van der Waals surface area contributed by atoms with Gasteiger partial charge < -0.3 is 9.15 Å². The molecule has 0 saturated carbocycles. The molecule has 6 heteroatoms. The number of furan rings is 1. The van der Waals surface area contributed by atoms with Crippen molar-refractivity contribution >= 4 is 12.1 Å². The van der Waals surface area contributed by atoms with Gasteiger partial charge in [-0.15, -0.1) is 0 Å². The van der Waals surface area contributed by atoms with Crippen molar-refractivity contribution in [3.05, 3.63) is 72.2 Å². The summed E-state index contributed by atoms with van der Waals surface area (Å²) in [5.41, 5.74) is 4.08. The Morgan fingerprint density at radius 2 is 2.08 bits per heavy atom. The minimum absolute atomic E-state index is 0.187. The van der Waals surface area contributed by atoms with Gasteiger partial charge in [-0.25, -0.2) is 5.43 Å². The molecule has 0 aliphatic rings. The van der Waals surface area contributed by atoms with Gasteiger partial charge in [-0.1, -0.05) is 6.07 Å². The Hall–Kier alpha value is -3.41. The van der Waals surface area contributed by atoms with Crippen LogP contribution in [0.5, 0.6) is 5.75 Å². The van der Waals surface area contributed by atoms with E-state index in [1.807, 2.05) is 37.3 Å². The summed E-state index contributed by atoms with van der Waals surface area (Å²) >= 11 is 0. The molecular formula is C19H17N3O3. The van der Waals surface area contributed by atoms with Crippen molar-refractivity contribution in [3.8, 4) is 17.1 Å². The van der Waals surface area contributed by atoms with Crippen LogP contribution in [0.2, 0.25) is 0 Å². The van der Waals surface area contributed by atoms with Gasteiger partial charge in [0.05, 0.1) is 12.8 Å². The molecule has 0 saturated heterocycles. The van der Waals surface area contributed by atoms with Crippen LogP contribution in [0.3, 0.4) is 0 Å². The van der Waals surface area contributed by atoms with E-state index in [4.69, 9.17) is 9.15 Å². The largest absolute Gasteiger partial charge is 0.494 e. The van der Waals surface area contributed by atoms with Crippen molar-refractivity contribution in [1.82, 2.24) is 10.4 Å². The third-order valence-corrected chi connectivity index (χ3v) is 3.34. The molecule has 0 radical (unpaired) electrons. The molecule has 1 amide bonds. The van der Waals surface area contributed by atoms with E-state index in [-0.39, 0.29) is 5.76 Å². The van der Waals surface area contributed by atoms with E-state index in [0.717, 1.165) is 16.9 Å². The smallest absolute Gasteiger partial charge is 0.307 e. The van der Waals surface area contributed by atoms with Gasteiger partial charge in [0, 0.05) is 23.5 Å². The highest BCUT2D eigenvalue weighted by Gasteiger charge is 2.11. The van der Waals surface area contributed by atoms with Crippen molar-refractivity contribution in [2.24, 2.45) is 5.10 Å². The molecule has 6 nitrogen and oxygen atoms in total. The molecule has 3 rings (SSSR count). The van der Waals surface area contributed by atoms with E-state index >= 15 is 0 Å². The molecule has 2 heterocycles. The number of aromatic nitrogens is 1. The fourth-order valence-electron chi connectivity index (χ4n) is 2.17. The first-order chi connectivity index (χ1) is 12.3. The number of ether oxygens (including phenoxy) is 1. The lowest BCUT2D eigenvalue weighted by atomic mass is 10.2. The molecule has 0 atom stereocenters. The van der Waals surface area contributed by atoms with Crippen LogP contribution in [0.25, 0.3) is 11.3 Å². The number of nitrogens with one attached hydrogen (secondary N) is 1. The fraction of sp³-hybridized carbons (Fsp3) is 0.105. The Kier molecular flexibility index (Phi) is 5.21. The van der Waals surface area contributed by atoms with Crippen molar-refractivity contribution < 1.29 is 13.9 Å². The SMILES string of the molecule is CCOc1ccc(-c2ccc(C(=O)N/N=C/c3cccnc3)o2)cc1. The van der Waals surface area contributed by atoms with Gasteiger partial charge in [0.25, 0.3) is 0 Å². The minimum Gasteiger partial charge on any atom is -0.494 e. The fourth-order valence-corrected chi connectivity index (χ4v) is 2.17. The second-order valence-corrected chi connectivity index (χ2v) is 5.11. The molecule has 126 valence electrons. The Morgan fingerprint density at radius 1 is 1.24 bits per heavy atom. The summed E-state index contributed by atoms with van der Waals surface area (Å²) in [6, 6.07) is 14.5. The molecule has 1 aromatic carbocycles. The first-order valence-electron chi connectivity index (χ1n) is 7.83. The number of benzene rings is 1. The van der Waals surface area contributed by atoms with E-state index in [1.165, 1.54) is 6.21 Å². The summed E-state index contributed by atoms with van der Waals surface area (Å²) in [6.07, 6.45) is 4.83. The lowest BCUT2D eigenvalue weighted by Crippen LogP contribution is -2.16. The van der Waals surface area contributed by atoms with Gasteiger partial charge in [0.2, 0.25) is 0 Å². The van der Waals surface area contributed by atoms with Gasteiger partial charge >= 0.3 is 5.91 Å². The average molecular weight is 335 g/mol. The van der Waals surface area contributed by atoms with Crippen LogP contribution in [-0.2, 0) is 0 Å². The summed E-state index contributed by atoms with van der Waals surface area (Å²) < 4.78 is 11.0. The minimum atomic E-state index is -0.419. The maximum Gasteiger partial charge on any atom is 0.307 e. The van der Waals surface area contributed by atoms with E-state index in [2.05, 4.69) is 15.5 Å². The maximum atomic E-state index is 12.1. The normalized spacial score (nSPS) is 10.8. The second kappa shape index (κ2) is 7.92. The zero-order chi connectivity index (χ0) is 17.5. The quantitative estimate of drug-likeness (QED) is 0.552. The molecule has 3 aromatic rings. The summed E-state index contributed by atoms with van der Waals surface area (Å²) in [7, 11) is 0. The third kappa shape index (κ3) is 4.32.